The van der Waals surface area contributed by atoms with Crippen molar-refractivity contribution in [1.82, 2.24) is 10.5 Å². The second-order valence-corrected chi connectivity index (χ2v) is 2.82. The van der Waals surface area contributed by atoms with Crippen molar-refractivity contribution in [3.63, 3.8) is 0 Å². The predicted molar refractivity (Wildman–Crippen MR) is 53.0 cm³/mol. The maximum Gasteiger partial charge on any atom is 0.273 e. The highest BCUT2D eigenvalue weighted by atomic mass is 16.5. The van der Waals surface area contributed by atoms with E-state index in [4.69, 9.17) is 15.7 Å². The van der Waals surface area contributed by atoms with Crippen molar-refractivity contribution in [1.29, 1.82) is 0 Å². The lowest BCUT2D eigenvalue weighted by Crippen LogP contribution is -2.24. The molecule has 1 heterocycles. The molecule has 1 amide bonds. The number of aromatic nitrogens is 1. The van der Waals surface area contributed by atoms with Gasteiger partial charge >= 0.3 is 0 Å². The van der Waals surface area contributed by atoms with Gasteiger partial charge in [-0.25, -0.2) is 0 Å². The highest BCUT2D eigenvalue weighted by molar-refractivity contribution is 5.92. The van der Waals surface area contributed by atoms with E-state index in [1.165, 1.54) is 13.2 Å². The van der Waals surface area contributed by atoms with Crippen LogP contribution in [0.15, 0.2) is 10.6 Å². The van der Waals surface area contributed by atoms with Gasteiger partial charge in [0.25, 0.3) is 5.91 Å². The van der Waals surface area contributed by atoms with Crippen LogP contribution in [-0.2, 0) is 11.3 Å². The average Bonchev–Trinajstić information content (AvgIpc) is 2.67. The number of carbonyl (C=O) groups excluding carboxylic acids is 1. The van der Waals surface area contributed by atoms with E-state index in [2.05, 4.69) is 16.4 Å². The van der Waals surface area contributed by atoms with Crippen LogP contribution < -0.4 is 5.32 Å². The molecule has 0 fully saturated rings. The number of hydrogen-bond donors (Lipinski definition) is 1. The molecule has 0 unspecified atom stereocenters. The van der Waals surface area contributed by atoms with Crippen molar-refractivity contribution in [2.45, 2.75) is 13.0 Å². The van der Waals surface area contributed by atoms with Gasteiger partial charge in [-0.15, -0.1) is 12.3 Å². The molecule has 1 aromatic heterocycles. The Hall–Kier alpha value is -1.80. The van der Waals surface area contributed by atoms with E-state index < -0.39 is 0 Å². The van der Waals surface area contributed by atoms with Gasteiger partial charge < -0.3 is 14.6 Å². The van der Waals surface area contributed by atoms with Gasteiger partial charge in [-0.3, -0.25) is 4.79 Å². The molecule has 80 valence electrons. The summed E-state index contributed by atoms with van der Waals surface area (Å²) in [4.78, 5) is 11.4. The van der Waals surface area contributed by atoms with E-state index >= 15 is 0 Å². The van der Waals surface area contributed by atoms with Crippen LogP contribution in [0.3, 0.4) is 0 Å². The summed E-state index contributed by atoms with van der Waals surface area (Å²) in [5, 5.41) is 6.21. The lowest BCUT2D eigenvalue weighted by molar-refractivity contribution is 0.0944. The normalized spacial score (nSPS) is 9.60. The first-order valence-electron chi connectivity index (χ1n) is 4.44. The van der Waals surface area contributed by atoms with Gasteiger partial charge in [-0.1, -0.05) is 5.16 Å². The highest BCUT2D eigenvalue weighted by Crippen LogP contribution is 2.04. The van der Waals surface area contributed by atoms with E-state index in [-0.39, 0.29) is 11.6 Å². The molecule has 1 rings (SSSR count). The fourth-order valence-corrected chi connectivity index (χ4v) is 0.969. The molecular weight excluding hydrogens is 196 g/mol. The third kappa shape index (κ3) is 3.44. The van der Waals surface area contributed by atoms with Crippen LogP contribution in [0.2, 0.25) is 0 Å². The summed E-state index contributed by atoms with van der Waals surface area (Å²) in [6, 6.07) is 1.54. The zero-order chi connectivity index (χ0) is 11.1. The van der Waals surface area contributed by atoms with E-state index in [9.17, 15) is 4.79 Å². The largest absolute Gasteiger partial charge is 0.377 e. The number of terminal acetylenes is 1. The van der Waals surface area contributed by atoms with Crippen LogP contribution in [0.1, 0.15) is 22.7 Å². The summed E-state index contributed by atoms with van der Waals surface area (Å²) in [5.74, 6) is 2.64. The van der Waals surface area contributed by atoms with E-state index in [1.54, 1.807) is 0 Å². The number of hydrogen-bond acceptors (Lipinski definition) is 4. The van der Waals surface area contributed by atoms with Gasteiger partial charge in [-0.05, 0) is 0 Å². The van der Waals surface area contributed by atoms with Crippen LogP contribution in [0.25, 0.3) is 0 Å². The molecule has 0 aliphatic rings. The zero-order valence-corrected chi connectivity index (χ0v) is 8.45. The first-order valence-corrected chi connectivity index (χ1v) is 4.44. The van der Waals surface area contributed by atoms with Gasteiger partial charge in [-0.2, -0.15) is 0 Å². The highest BCUT2D eigenvalue weighted by Gasteiger charge is 2.11. The second-order valence-electron chi connectivity index (χ2n) is 2.82. The minimum Gasteiger partial charge on any atom is -0.377 e. The maximum atomic E-state index is 11.4. The van der Waals surface area contributed by atoms with E-state index in [0.717, 1.165) is 0 Å². The molecule has 5 nitrogen and oxygen atoms in total. The van der Waals surface area contributed by atoms with Gasteiger partial charge in [0.1, 0.15) is 6.61 Å². The minimum absolute atomic E-state index is 0.235. The van der Waals surface area contributed by atoms with Crippen LogP contribution in [-0.4, -0.2) is 24.7 Å². The first kappa shape index (κ1) is 11.3. The fraction of sp³-hybridized carbons (Fsp3) is 0.400. The fourth-order valence-electron chi connectivity index (χ4n) is 0.969. The Balaban J connectivity index is 2.47. The Bertz CT molecular complexity index is 365. The molecule has 5 heteroatoms. The van der Waals surface area contributed by atoms with Crippen molar-refractivity contribution >= 4 is 5.91 Å². The average molecular weight is 208 g/mol. The molecule has 0 aromatic carbocycles. The number of nitrogens with zero attached hydrogens (tertiary/aromatic N) is 1. The monoisotopic (exact) mass is 208 g/mol. The van der Waals surface area contributed by atoms with Crippen molar-refractivity contribution in [3.8, 4) is 12.3 Å². The smallest absolute Gasteiger partial charge is 0.273 e. The molecule has 0 radical (unpaired) electrons. The van der Waals surface area contributed by atoms with Crippen LogP contribution in [0.5, 0.6) is 0 Å². The van der Waals surface area contributed by atoms with Crippen LogP contribution >= 0.6 is 0 Å². The maximum absolute atomic E-state index is 11.4. The van der Waals surface area contributed by atoms with E-state index in [1.807, 2.05) is 0 Å². The molecule has 15 heavy (non-hydrogen) atoms. The van der Waals surface area contributed by atoms with Gasteiger partial charge in [0.15, 0.2) is 11.5 Å². The second kappa shape index (κ2) is 5.83. The standard InChI is InChI=1S/C10H12N2O3/c1-3-4-5-11-10(13)9-6-8(7-14-2)15-12-9/h1,6H,4-5,7H2,2H3,(H,11,13). The summed E-state index contributed by atoms with van der Waals surface area (Å²) in [6.07, 6.45) is 5.54. The first-order chi connectivity index (χ1) is 7.27. The SMILES string of the molecule is C#CCCNC(=O)c1cc(COC)on1. The van der Waals surface area contributed by atoms with Crippen LogP contribution in [0.4, 0.5) is 0 Å². The number of rotatable bonds is 5. The molecule has 0 atom stereocenters. The Kier molecular flexibility index (Phi) is 4.38. The van der Waals surface area contributed by atoms with Crippen molar-refractivity contribution in [2.24, 2.45) is 0 Å². The van der Waals surface area contributed by atoms with Gasteiger partial charge in [0.2, 0.25) is 0 Å². The minimum atomic E-state index is -0.295. The lowest BCUT2D eigenvalue weighted by Gasteiger charge is -1.97. The number of ether oxygens (including phenoxy) is 1. The molecule has 1 N–H and O–H groups in total. The summed E-state index contributed by atoms with van der Waals surface area (Å²) in [7, 11) is 1.54. The van der Waals surface area contributed by atoms with Gasteiger partial charge in [0, 0.05) is 26.1 Å². The summed E-state index contributed by atoms with van der Waals surface area (Å²) in [5.41, 5.74) is 0.235. The van der Waals surface area contributed by atoms with Crippen LogP contribution in [0, 0.1) is 12.3 Å². The predicted octanol–water partition coefficient (Wildman–Crippen LogP) is 0.574. The number of methoxy groups -OCH3 is 1. The molecule has 0 aliphatic carbocycles. The molecule has 0 aliphatic heterocycles. The van der Waals surface area contributed by atoms with E-state index in [0.29, 0.717) is 25.3 Å². The van der Waals surface area contributed by atoms with Gasteiger partial charge in [0.05, 0.1) is 0 Å². The zero-order valence-electron chi connectivity index (χ0n) is 8.45. The quantitative estimate of drug-likeness (QED) is 0.567. The Labute approximate surface area is 87.8 Å². The molecule has 0 bridgehead atoms. The van der Waals surface area contributed by atoms with Crippen molar-refractivity contribution < 1.29 is 14.1 Å². The summed E-state index contributed by atoms with van der Waals surface area (Å²) >= 11 is 0. The molecular formula is C10H12N2O3. The number of carbonyl (C=O) groups is 1. The third-order valence-corrected chi connectivity index (χ3v) is 1.63. The Morgan fingerprint density at radius 3 is 3.27 bits per heavy atom. The summed E-state index contributed by atoms with van der Waals surface area (Å²) in [6.45, 7) is 0.729. The molecule has 0 saturated carbocycles. The van der Waals surface area contributed by atoms with Crippen molar-refractivity contribution in [2.75, 3.05) is 13.7 Å². The number of nitrogens with one attached hydrogen (secondary N) is 1. The molecule has 1 aromatic rings. The lowest BCUT2D eigenvalue weighted by atomic mass is 10.3. The molecule has 0 spiro atoms. The topological polar surface area (TPSA) is 64.4 Å². The van der Waals surface area contributed by atoms with Crippen molar-refractivity contribution in [3.05, 3.63) is 17.5 Å². The Morgan fingerprint density at radius 2 is 2.60 bits per heavy atom. The summed E-state index contributed by atoms with van der Waals surface area (Å²) < 4.78 is 9.68. The number of amides is 1. The molecule has 0 saturated heterocycles. The Morgan fingerprint density at radius 1 is 1.80 bits per heavy atom. The third-order valence-electron chi connectivity index (χ3n) is 1.63.